The zero-order valence-electron chi connectivity index (χ0n) is 24.5. The van der Waals surface area contributed by atoms with Gasteiger partial charge < -0.3 is 19.5 Å². The van der Waals surface area contributed by atoms with E-state index in [0.29, 0.717) is 18.4 Å². The van der Waals surface area contributed by atoms with E-state index in [2.05, 4.69) is 20.9 Å². The number of phenolic OH excluding ortho intramolecular Hbond substituents is 1. The molecule has 4 aromatic rings. The van der Waals surface area contributed by atoms with Crippen LogP contribution in [0.3, 0.4) is 0 Å². The third kappa shape index (κ3) is 4.48. The van der Waals surface area contributed by atoms with Gasteiger partial charge in [0.05, 0.1) is 23.7 Å². The van der Waals surface area contributed by atoms with Gasteiger partial charge in [-0.1, -0.05) is 12.0 Å². The van der Waals surface area contributed by atoms with Crippen LogP contribution in [-0.2, 0) is 0 Å². The van der Waals surface area contributed by atoms with Crippen LogP contribution in [-0.4, -0.2) is 81.5 Å². The Labute approximate surface area is 260 Å². The first kappa shape index (κ1) is 29.0. The van der Waals surface area contributed by atoms with Crippen molar-refractivity contribution in [2.45, 2.75) is 55.8 Å². The molecule has 8 nitrogen and oxygen atoms in total. The van der Waals surface area contributed by atoms with Crippen LogP contribution < -0.4 is 14.4 Å². The molecular weight excluding hydrogens is 609 g/mol. The van der Waals surface area contributed by atoms with E-state index in [1.54, 1.807) is 0 Å². The summed E-state index contributed by atoms with van der Waals surface area (Å²) in [6, 6.07) is 4.34. The minimum Gasteiger partial charge on any atom is -0.508 e. The fourth-order valence-electron chi connectivity index (χ4n) is 7.65. The van der Waals surface area contributed by atoms with Crippen molar-refractivity contribution >= 4 is 27.5 Å². The first-order chi connectivity index (χ1) is 22.1. The number of hydrogen-bond donors (Lipinski definition) is 1. The third-order valence-corrected chi connectivity index (χ3v) is 9.76. The first-order valence-electron chi connectivity index (χ1n) is 15.2. The van der Waals surface area contributed by atoms with E-state index in [0.717, 1.165) is 19.0 Å². The third-order valence-electron chi connectivity index (χ3n) is 9.76. The van der Waals surface area contributed by atoms with Gasteiger partial charge >= 0.3 is 6.01 Å². The van der Waals surface area contributed by atoms with Crippen LogP contribution in [0, 0.1) is 24.0 Å². The summed E-state index contributed by atoms with van der Waals surface area (Å²) in [6.45, 7) is 0.319. The highest BCUT2D eigenvalue weighted by molar-refractivity contribution is 6.04. The molecule has 6 heterocycles. The summed E-state index contributed by atoms with van der Waals surface area (Å²) in [5.41, 5.74) is -1.41. The fraction of sp³-hybridized carbons (Fsp3) is 0.424. The molecule has 0 amide bonds. The second-order valence-electron chi connectivity index (χ2n) is 12.6. The molecule has 3 fully saturated rings. The van der Waals surface area contributed by atoms with Crippen molar-refractivity contribution in [3.05, 3.63) is 41.5 Å². The predicted octanol–water partition coefficient (Wildman–Crippen LogP) is 5.76. The Morgan fingerprint density at radius 3 is 2.80 bits per heavy atom. The molecule has 3 atom stereocenters. The van der Waals surface area contributed by atoms with Gasteiger partial charge in [-0.25, -0.2) is 26.9 Å². The Balaban J connectivity index is 1.34. The minimum atomic E-state index is -3.04. The number of anilines is 1. The van der Waals surface area contributed by atoms with Crippen molar-refractivity contribution in [2.24, 2.45) is 0 Å². The average Bonchev–Trinajstić information content (AvgIpc) is 3.50. The molecule has 4 aliphatic heterocycles. The van der Waals surface area contributed by atoms with Gasteiger partial charge in [0.15, 0.2) is 5.82 Å². The molecule has 0 unspecified atom stereocenters. The standard InChI is InChI=1S/C33H28F5N5O3/c1-2-21-23(35)5-4-17-10-20(44)11-22(24(17)21)27-26(36)28-25-29(43-15-33(37,38)8-6-19(43)14-45-30(25)39-27)41-31(40-28)46-16-32-7-3-9-42(32)13-18(34)12-32/h1,4-5,10-11,18-19,44H,3,6-9,12-16H2/t18-,19+,32+/m1/s1. The van der Waals surface area contributed by atoms with Crippen LogP contribution in [0.2, 0.25) is 0 Å². The summed E-state index contributed by atoms with van der Waals surface area (Å²) in [4.78, 5) is 16.8. The summed E-state index contributed by atoms with van der Waals surface area (Å²) in [7, 11) is 0. The van der Waals surface area contributed by atoms with Crippen LogP contribution in [0.1, 0.15) is 37.7 Å². The van der Waals surface area contributed by atoms with Crippen molar-refractivity contribution in [1.82, 2.24) is 19.9 Å². The van der Waals surface area contributed by atoms with E-state index in [4.69, 9.17) is 15.9 Å². The number of rotatable bonds is 4. The number of pyridine rings is 1. The van der Waals surface area contributed by atoms with Crippen molar-refractivity contribution in [3.63, 3.8) is 0 Å². The van der Waals surface area contributed by atoms with Crippen molar-refractivity contribution < 1.29 is 36.5 Å². The van der Waals surface area contributed by atoms with Crippen LogP contribution in [0.5, 0.6) is 17.6 Å². The molecule has 0 radical (unpaired) electrons. The number of phenols is 1. The molecule has 0 aliphatic carbocycles. The molecule has 8 rings (SSSR count). The Hall–Kier alpha value is -4.44. The van der Waals surface area contributed by atoms with Crippen LogP contribution in [0.15, 0.2) is 24.3 Å². The normalized spacial score (nSPS) is 25.2. The molecule has 238 valence electrons. The number of nitrogens with zero attached hydrogens (tertiary/aromatic N) is 5. The molecule has 2 aromatic carbocycles. The number of benzene rings is 2. The number of fused-ring (bicyclic) bond motifs is 4. The molecule has 2 aromatic heterocycles. The first-order valence-corrected chi connectivity index (χ1v) is 15.2. The summed E-state index contributed by atoms with van der Waals surface area (Å²) < 4.78 is 87.9. The van der Waals surface area contributed by atoms with E-state index in [-0.39, 0.29) is 89.0 Å². The average molecular weight is 638 g/mol. The number of terminal acetylenes is 1. The monoisotopic (exact) mass is 637 g/mol. The SMILES string of the molecule is C#Cc1c(F)ccc2cc(O)cc(-c3nc4c5c(nc(OC[C@@]67CCCN6C[C@H](F)C7)nc5c3F)N3CC(F)(F)CC[C@H]3CO4)c12. The lowest BCUT2D eigenvalue weighted by Gasteiger charge is -2.39. The molecule has 1 N–H and O–H groups in total. The molecule has 0 bridgehead atoms. The van der Waals surface area contributed by atoms with Gasteiger partial charge in [-0.2, -0.15) is 9.97 Å². The van der Waals surface area contributed by atoms with E-state index < -0.39 is 41.9 Å². The zero-order chi connectivity index (χ0) is 32.0. The van der Waals surface area contributed by atoms with Gasteiger partial charge in [0, 0.05) is 30.3 Å². The number of piperidine rings is 1. The summed E-state index contributed by atoms with van der Waals surface area (Å²) >= 11 is 0. The predicted molar refractivity (Wildman–Crippen MR) is 159 cm³/mol. The molecule has 0 spiro atoms. The quantitative estimate of drug-likeness (QED) is 0.224. The van der Waals surface area contributed by atoms with Gasteiger partial charge in [-0.05, 0) is 49.4 Å². The Morgan fingerprint density at radius 2 is 1.98 bits per heavy atom. The smallest absolute Gasteiger partial charge is 0.319 e. The van der Waals surface area contributed by atoms with E-state index in [1.807, 2.05) is 4.90 Å². The lowest BCUT2D eigenvalue weighted by molar-refractivity contribution is -0.0216. The highest BCUT2D eigenvalue weighted by Gasteiger charge is 2.50. The lowest BCUT2D eigenvalue weighted by atomic mass is 9.95. The number of alkyl halides is 3. The Bertz CT molecular complexity index is 1970. The van der Waals surface area contributed by atoms with E-state index in [1.165, 1.54) is 23.1 Å². The van der Waals surface area contributed by atoms with Crippen molar-refractivity contribution in [1.29, 1.82) is 0 Å². The van der Waals surface area contributed by atoms with Crippen LogP contribution in [0.25, 0.3) is 32.9 Å². The van der Waals surface area contributed by atoms with Crippen LogP contribution >= 0.6 is 0 Å². The minimum absolute atomic E-state index is 0.0125. The van der Waals surface area contributed by atoms with Crippen molar-refractivity contribution in [2.75, 3.05) is 37.7 Å². The van der Waals surface area contributed by atoms with E-state index in [9.17, 15) is 22.7 Å². The number of hydrogen-bond acceptors (Lipinski definition) is 8. The molecule has 0 saturated carbocycles. The van der Waals surface area contributed by atoms with Gasteiger partial charge in [-0.15, -0.1) is 6.42 Å². The molecular formula is C33H28F5N5O3. The maximum atomic E-state index is 16.9. The van der Waals surface area contributed by atoms with Crippen LogP contribution in [0.4, 0.5) is 27.8 Å². The highest BCUT2D eigenvalue weighted by Crippen LogP contribution is 2.46. The highest BCUT2D eigenvalue weighted by atomic mass is 19.3. The summed E-state index contributed by atoms with van der Waals surface area (Å²) in [5.74, 6) is -2.83. The maximum Gasteiger partial charge on any atom is 0.319 e. The topological polar surface area (TPSA) is 83.8 Å². The maximum absolute atomic E-state index is 16.9. The number of aromatic hydroxyl groups is 1. The second-order valence-corrected chi connectivity index (χ2v) is 12.6. The fourth-order valence-corrected chi connectivity index (χ4v) is 7.65. The molecule has 3 saturated heterocycles. The summed E-state index contributed by atoms with van der Waals surface area (Å²) in [5, 5.41) is 11.0. The number of ether oxygens (including phenoxy) is 2. The molecule has 4 aliphatic rings. The Kier molecular flexibility index (Phi) is 6.48. The molecule has 13 heteroatoms. The number of aromatic nitrogens is 3. The van der Waals surface area contributed by atoms with Gasteiger partial charge in [0.1, 0.15) is 53.4 Å². The molecule has 46 heavy (non-hydrogen) atoms. The zero-order valence-corrected chi connectivity index (χ0v) is 24.5. The Morgan fingerprint density at radius 1 is 1.13 bits per heavy atom. The van der Waals surface area contributed by atoms with Gasteiger partial charge in [0.25, 0.3) is 5.92 Å². The van der Waals surface area contributed by atoms with Gasteiger partial charge in [-0.3, -0.25) is 4.90 Å². The lowest BCUT2D eigenvalue weighted by Crippen LogP contribution is -2.51. The number of halogens is 5. The van der Waals surface area contributed by atoms with E-state index >= 15 is 4.39 Å². The second kappa shape index (κ2) is 10.3. The largest absolute Gasteiger partial charge is 0.508 e. The van der Waals surface area contributed by atoms with Crippen molar-refractivity contribution in [3.8, 4) is 41.2 Å². The van der Waals surface area contributed by atoms with Gasteiger partial charge in [0.2, 0.25) is 5.88 Å². The summed E-state index contributed by atoms with van der Waals surface area (Å²) in [6.07, 6.45) is 6.20.